The average molecular weight is 231 g/mol. The van der Waals surface area contributed by atoms with E-state index >= 15 is 0 Å². The number of rotatable bonds is 1. The summed E-state index contributed by atoms with van der Waals surface area (Å²) in [5.41, 5.74) is 2.66. The monoisotopic (exact) mass is 231 g/mol. The summed E-state index contributed by atoms with van der Waals surface area (Å²) < 4.78 is 5.26. The minimum atomic E-state index is 0.289. The number of amides is 1. The predicted octanol–water partition coefficient (Wildman–Crippen LogP) is 2.16. The zero-order valence-electron chi connectivity index (χ0n) is 10.3. The third kappa shape index (κ3) is 1.53. The second-order valence-corrected chi connectivity index (χ2v) is 5.03. The maximum absolute atomic E-state index is 11.9. The molecule has 17 heavy (non-hydrogen) atoms. The molecule has 0 N–H and O–H groups in total. The van der Waals surface area contributed by atoms with Crippen LogP contribution in [0.25, 0.3) is 0 Å². The van der Waals surface area contributed by atoms with Crippen molar-refractivity contribution in [3.05, 3.63) is 29.3 Å². The third-order valence-corrected chi connectivity index (χ3v) is 3.98. The van der Waals surface area contributed by atoms with Crippen LogP contribution in [0, 0.1) is 5.92 Å². The molecule has 1 saturated heterocycles. The van der Waals surface area contributed by atoms with Crippen LogP contribution in [0.5, 0.6) is 5.75 Å². The van der Waals surface area contributed by atoms with Crippen LogP contribution in [0.1, 0.15) is 30.5 Å². The molecule has 0 aromatic heterocycles. The van der Waals surface area contributed by atoms with Gasteiger partial charge in [-0.05, 0) is 35.6 Å². The Morgan fingerprint density at radius 2 is 2.24 bits per heavy atom. The van der Waals surface area contributed by atoms with Gasteiger partial charge < -0.3 is 9.64 Å². The summed E-state index contributed by atoms with van der Waals surface area (Å²) in [4.78, 5) is 13.9. The van der Waals surface area contributed by atoms with E-state index in [-0.39, 0.29) is 6.04 Å². The molecule has 2 aliphatic heterocycles. The van der Waals surface area contributed by atoms with Gasteiger partial charge in [0.2, 0.25) is 5.91 Å². The van der Waals surface area contributed by atoms with E-state index in [1.165, 1.54) is 11.1 Å². The summed E-state index contributed by atoms with van der Waals surface area (Å²) in [6, 6.07) is 6.53. The van der Waals surface area contributed by atoms with Crippen LogP contribution in [0.4, 0.5) is 0 Å². The van der Waals surface area contributed by atoms with Gasteiger partial charge in [0.15, 0.2) is 0 Å². The van der Waals surface area contributed by atoms with Gasteiger partial charge in [-0.15, -0.1) is 0 Å². The molecule has 3 nitrogen and oxygen atoms in total. The number of hydrogen-bond donors (Lipinski definition) is 0. The molecule has 0 spiro atoms. The number of methoxy groups -OCH3 is 1. The van der Waals surface area contributed by atoms with Crippen molar-refractivity contribution in [3.63, 3.8) is 0 Å². The fraction of sp³-hybridized carbons (Fsp3) is 0.500. The van der Waals surface area contributed by atoms with Gasteiger partial charge in [-0.1, -0.05) is 13.0 Å². The van der Waals surface area contributed by atoms with Gasteiger partial charge in [-0.2, -0.15) is 0 Å². The molecule has 0 aliphatic carbocycles. The van der Waals surface area contributed by atoms with Crippen LogP contribution in [-0.2, 0) is 11.2 Å². The second-order valence-electron chi connectivity index (χ2n) is 5.03. The molecule has 1 aromatic carbocycles. The van der Waals surface area contributed by atoms with Crippen LogP contribution in [0.15, 0.2) is 18.2 Å². The normalized spacial score (nSPS) is 26.7. The Kier molecular flexibility index (Phi) is 2.35. The second kappa shape index (κ2) is 3.76. The predicted molar refractivity (Wildman–Crippen MR) is 64.9 cm³/mol. The van der Waals surface area contributed by atoms with Crippen molar-refractivity contribution in [2.45, 2.75) is 25.8 Å². The first-order chi connectivity index (χ1) is 8.20. The van der Waals surface area contributed by atoms with Crippen molar-refractivity contribution < 1.29 is 9.53 Å². The molecule has 2 heterocycles. The summed E-state index contributed by atoms with van der Waals surface area (Å²) >= 11 is 0. The summed E-state index contributed by atoms with van der Waals surface area (Å²) in [6.45, 7) is 3.02. The molecule has 3 heteroatoms. The van der Waals surface area contributed by atoms with Crippen LogP contribution in [0.2, 0.25) is 0 Å². The van der Waals surface area contributed by atoms with E-state index in [2.05, 4.69) is 19.1 Å². The highest BCUT2D eigenvalue weighted by Crippen LogP contribution is 2.42. The van der Waals surface area contributed by atoms with Gasteiger partial charge in [-0.3, -0.25) is 4.79 Å². The van der Waals surface area contributed by atoms with E-state index in [4.69, 9.17) is 4.74 Å². The Labute approximate surface area is 101 Å². The lowest BCUT2D eigenvalue weighted by Crippen LogP contribution is -2.35. The maximum atomic E-state index is 11.9. The van der Waals surface area contributed by atoms with Crippen molar-refractivity contribution in [2.75, 3.05) is 13.7 Å². The number of ether oxygens (including phenoxy) is 1. The number of carbonyl (C=O) groups excluding carboxylic acids is 1. The van der Waals surface area contributed by atoms with Gasteiger partial charge in [-0.25, -0.2) is 0 Å². The smallest absolute Gasteiger partial charge is 0.223 e. The maximum Gasteiger partial charge on any atom is 0.223 e. The molecule has 1 fully saturated rings. The third-order valence-electron chi connectivity index (χ3n) is 3.98. The molecule has 3 rings (SSSR count). The zero-order valence-corrected chi connectivity index (χ0v) is 10.3. The Bertz CT molecular complexity index is 469. The van der Waals surface area contributed by atoms with Gasteiger partial charge in [0.25, 0.3) is 0 Å². The molecule has 1 amide bonds. The highest BCUT2D eigenvalue weighted by molar-refractivity contribution is 5.80. The van der Waals surface area contributed by atoms with Gasteiger partial charge in [0.1, 0.15) is 5.75 Å². The van der Waals surface area contributed by atoms with Crippen molar-refractivity contribution in [2.24, 2.45) is 5.92 Å². The highest BCUT2D eigenvalue weighted by atomic mass is 16.5. The molecule has 0 bridgehead atoms. The van der Waals surface area contributed by atoms with E-state index in [9.17, 15) is 4.79 Å². The molecule has 0 radical (unpaired) electrons. The number of nitrogens with zero attached hydrogens (tertiary/aromatic N) is 1. The van der Waals surface area contributed by atoms with E-state index in [1.807, 2.05) is 11.0 Å². The summed E-state index contributed by atoms with van der Waals surface area (Å²) in [5, 5.41) is 0. The standard InChI is InChI=1S/C14H17NO2/c1-9-7-13(16)15-6-5-10-8-11(17-2)3-4-12(10)14(9)15/h3-4,8-9,14H,5-7H2,1-2H3/t9-,14+/m1/s1. The van der Waals surface area contributed by atoms with Crippen LogP contribution in [0.3, 0.4) is 0 Å². The molecule has 0 unspecified atom stereocenters. The minimum absolute atomic E-state index is 0.289. The van der Waals surface area contributed by atoms with E-state index < -0.39 is 0 Å². The lowest BCUT2D eigenvalue weighted by Gasteiger charge is -2.34. The van der Waals surface area contributed by atoms with Crippen LogP contribution in [-0.4, -0.2) is 24.5 Å². The fourth-order valence-corrected chi connectivity index (χ4v) is 3.16. The quantitative estimate of drug-likeness (QED) is 0.741. The van der Waals surface area contributed by atoms with Gasteiger partial charge >= 0.3 is 0 Å². The highest BCUT2D eigenvalue weighted by Gasteiger charge is 2.40. The zero-order chi connectivity index (χ0) is 12.0. The number of fused-ring (bicyclic) bond motifs is 3. The van der Waals surface area contributed by atoms with E-state index in [0.29, 0.717) is 18.2 Å². The molecule has 2 aliphatic rings. The van der Waals surface area contributed by atoms with Gasteiger partial charge in [0.05, 0.1) is 13.2 Å². The first-order valence-electron chi connectivity index (χ1n) is 6.17. The Balaban J connectivity index is 2.04. The Morgan fingerprint density at radius 3 is 3.00 bits per heavy atom. The lowest BCUT2D eigenvalue weighted by molar-refractivity contribution is -0.129. The first kappa shape index (κ1) is 10.6. The fourth-order valence-electron chi connectivity index (χ4n) is 3.16. The Hall–Kier alpha value is -1.51. The summed E-state index contributed by atoms with van der Waals surface area (Å²) in [6.07, 6.45) is 1.64. The van der Waals surface area contributed by atoms with Crippen LogP contribution < -0.4 is 4.74 Å². The minimum Gasteiger partial charge on any atom is -0.497 e. The van der Waals surface area contributed by atoms with E-state index in [1.54, 1.807) is 7.11 Å². The van der Waals surface area contributed by atoms with Gasteiger partial charge in [0, 0.05) is 13.0 Å². The van der Waals surface area contributed by atoms with Crippen LogP contribution >= 0.6 is 0 Å². The van der Waals surface area contributed by atoms with E-state index in [0.717, 1.165) is 18.7 Å². The molecule has 2 atom stereocenters. The van der Waals surface area contributed by atoms with Crippen molar-refractivity contribution in [1.29, 1.82) is 0 Å². The molecular formula is C14H17NO2. The Morgan fingerprint density at radius 1 is 1.41 bits per heavy atom. The van der Waals surface area contributed by atoms with Crippen molar-refractivity contribution in [1.82, 2.24) is 4.90 Å². The molecular weight excluding hydrogens is 214 g/mol. The summed E-state index contributed by atoms with van der Waals surface area (Å²) in [7, 11) is 1.69. The average Bonchev–Trinajstić information content (AvgIpc) is 2.64. The first-order valence-corrected chi connectivity index (χ1v) is 6.17. The lowest BCUT2D eigenvalue weighted by atomic mass is 9.88. The summed E-state index contributed by atoms with van der Waals surface area (Å²) in [5.74, 6) is 1.65. The number of benzene rings is 1. The van der Waals surface area contributed by atoms with Crippen molar-refractivity contribution >= 4 is 5.91 Å². The largest absolute Gasteiger partial charge is 0.497 e. The number of carbonyl (C=O) groups is 1. The topological polar surface area (TPSA) is 29.5 Å². The molecule has 0 saturated carbocycles. The molecule has 90 valence electrons. The number of hydrogen-bond acceptors (Lipinski definition) is 2. The SMILES string of the molecule is COc1ccc2c(c1)CCN1C(=O)C[C@@H](C)[C@@H]21. The van der Waals surface area contributed by atoms with Crippen molar-refractivity contribution in [3.8, 4) is 5.75 Å². The molecule has 1 aromatic rings.